The Morgan fingerprint density at radius 1 is 0.875 bits per heavy atom. The van der Waals surface area contributed by atoms with Crippen LogP contribution in [0, 0.1) is 5.92 Å². The Bertz CT molecular complexity index is 1110. The molecular formula is C25H28N2O4S. The zero-order valence-electron chi connectivity index (χ0n) is 18.2. The Morgan fingerprint density at radius 3 is 2.12 bits per heavy atom. The number of rotatable bonds is 10. The van der Waals surface area contributed by atoms with Crippen LogP contribution in [0.25, 0.3) is 0 Å². The van der Waals surface area contributed by atoms with Crippen LogP contribution in [-0.2, 0) is 21.2 Å². The fourth-order valence-corrected chi connectivity index (χ4v) is 4.12. The van der Waals surface area contributed by atoms with Gasteiger partial charge in [-0.2, -0.15) is 0 Å². The molecule has 32 heavy (non-hydrogen) atoms. The number of hydrogen-bond acceptors (Lipinski definition) is 4. The predicted octanol–water partition coefficient (Wildman–Crippen LogP) is 4.98. The monoisotopic (exact) mass is 452 g/mol. The van der Waals surface area contributed by atoms with Gasteiger partial charge >= 0.3 is 0 Å². The molecule has 3 aromatic rings. The third-order valence-corrected chi connectivity index (χ3v) is 6.11. The molecule has 7 heteroatoms. The topological polar surface area (TPSA) is 84.5 Å². The van der Waals surface area contributed by atoms with E-state index < -0.39 is 10.0 Å². The second-order valence-corrected chi connectivity index (χ2v) is 9.64. The SMILES string of the molecule is CC(C)CNS(=O)(=O)c1ccc(CCC(=O)Nc2ccc(Oc3ccccc3)cc2)cc1. The molecule has 6 nitrogen and oxygen atoms in total. The summed E-state index contributed by atoms with van der Waals surface area (Å²) in [5.41, 5.74) is 1.59. The first kappa shape index (κ1) is 23.5. The van der Waals surface area contributed by atoms with Gasteiger partial charge in [0, 0.05) is 18.7 Å². The number of carbonyl (C=O) groups excluding carboxylic acids is 1. The summed E-state index contributed by atoms with van der Waals surface area (Å²) in [6, 6.07) is 23.3. The van der Waals surface area contributed by atoms with Gasteiger partial charge in [-0.1, -0.05) is 44.2 Å². The van der Waals surface area contributed by atoms with Crippen LogP contribution >= 0.6 is 0 Å². The minimum Gasteiger partial charge on any atom is -0.457 e. The molecule has 0 saturated heterocycles. The molecule has 0 saturated carbocycles. The Morgan fingerprint density at radius 2 is 1.50 bits per heavy atom. The first-order valence-electron chi connectivity index (χ1n) is 10.5. The van der Waals surface area contributed by atoms with E-state index in [1.165, 1.54) is 0 Å². The summed E-state index contributed by atoms with van der Waals surface area (Å²) < 4.78 is 32.9. The van der Waals surface area contributed by atoms with Crippen molar-refractivity contribution in [1.82, 2.24) is 4.72 Å². The Balaban J connectivity index is 1.48. The number of para-hydroxylation sites is 1. The molecule has 0 atom stereocenters. The minimum absolute atomic E-state index is 0.114. The van der Waals surface area contributed by atoms with Crippen molar-refractivity contribution in [3.05, 3.63) is 84.4 Å². The van der Waals surface area contributed by atoms with Gasteiger partial charge in [-0.05, 0) is 66.4 Å². The van der Waals surface area contributed by atoms with Crippen LogP contribution in [0.4, 0.5) is 5.69 Å². The molecule has 0 radical (unpaired) electrons. The highest BCUT2D eigenvalue weighted by atomic mass is 32.2. The molecule has 0 aliphatic carbocycles. The van der Waals surface area contributed by atoms with Gasteiger partial charge in [-0.15, -0.1) is 0 Å². The van der Waals surface area contributed by atoms with Crippen molar-refractivity contribution >= 4 is 21.6 Å². The summed E-state index contributed by atoms with van der Waals surface area (Å²) in [7, 11) is -3.51. The van der Waals surface area contributed by atoms with Gasteiger partial charge < -0.3 is 10.1 Å². The smallest absolute Gasteiger partial charge is 0.240 e. The molecule has 0 aliphatic heterocycles. The molecule has 0 spiro atoms. The highest BCUT2D eigenvalue weighted by Crippen LogP contribution is 2.22. The Kier molecular flexibility index (Phi) is 8.03. The van der Waals surface area contributed by atoms with Crippen LogP contribution in [0.3, 0.4) is 0 Å². The van der Waals surface area contributed by atoms with Gasteiger partial charge in [0.25, 0.3) is 0 Å². The summed E-state index contributed by atoms with van der Waals surface area (Å²) >= 11 is 0. The van der Waals surface area contributed by atoms with Gasteiger partial charge in [-0.3, -0.25) is 4.79 Å². The van der Waals surface area contributed by atoms with Crippen LogP contribution in [0.2, 0.25) is 0 Å². The zero-order chi connectivity index (χ0) is 23.0. The molecular weight excluding hydrogens is 424 g/mol. The van der Waals surface area contributed by atoms with Gasteiger partial charge in [0.15, 0.2) is 0 Å². The summed E-state index contributed by atoms with van der Waals surface area (Å²) in [4.78, 5) is 12.5. The number of benzene rings is 3. The molecule has 0 heterocycles. The van der Waals surface area contributed by atoms with Gasteiger partial charge in [0.05, 0.1) is 4.90 Å². The van der Waals surface area contributed by atoms with Crippen molar-refractivity contribution in [2.24, 2.45) is 5.92 Å². The van der Waals surface area contributed by atoms with Crippen molar-refractivity contribution in [3.8, 4) is 11.5 Å². The molecule has 3 aromatic carbocycles. The highest BCUT2D eigenvalue weighted by molar-refractivity contribution is 7.89. The van der Waals surface area contributed by atoms with E-state index in [9.17, 15) is 13.2 Å². The fraction of sp³-hybridized carbons (Fsp3) is 0.240. The molecule has 2 N–H and O–H groups in total. The lowest BCUT2D eigenvalue weighted by Crippen LogP contribution is -2.27. The van der Waals surface area contributed by atoms with Crippen molar-refractivity contribution in [2.75, 3.05) is 11.9 Å². The average molecular weight is 453 g/mol. The molecule has 0 bridgehead atoms. The third-order valence-electron chi connectivity index (χ3n) is 4.67. The number of amides is 1. The van der Waals surface area contributed by atoms with E-state index >= 15 is 0 Å². The Hall–Kier alpha value is -3.16. The standard InChI is InChI=1S/C25H28N2O4S/c1-19(2)18-26-32(29,30)24-15-8-20(9-16-24)10-17-25(28)27-21-11-13-23(14-12-21)31-22-6-4-3-5-7-22/h3-9,11-16,19,26H,10,17-18H2,1-2H3,(H,27,28). The van der Waals surface area contributed by atoms with E-state index in [1.54, 1.807) is 48.5 Å². The maximum Gasteiger partial charge on any atom is 0.240 e. The molecule has 1 amide bonds. The average Bonchev–Trinajstić information content (AvgIpc) is 2.79. The second-order valence-electron chi connectivity index (χ2n) is 7.88. The van der Waals surface area contributed by atoms with Crippen LogP contribution in [0.5, 0.6) is 11.5 Å². The number of carbonyl (C=O) groups is 1. The van der Waals surface area contributed by atoms with E-state index in [4.69, 9.17) is 4.74 Å². The van der Waals surface area contributed by atoms with Crippen molar-refractivity contribution in [3.63, 3.8) is 0 Å². The minimum atomic E-state index is -3.51. The van der Waals surface area contributed by atoms with E-state index in [0.717, 1.165) is 11.3 Å². The molecule has 0 fully saturated rings. The lowest BCUT2D eigenvalue weighted by Gasteiger charge is -2.10. The van der Waals surface area contributed by atoms with Crippen LogP contribution < -0.4 is 14.8 Å². The quantitative estimate of drug-likeness (QED) is 0.454. The molecule has 0 unspecified atom stereocenters. The van der Waals surface area contributed by atoms with Crippen LogP contribution in [0.15, 0.2) is 83.8 Å². The maximum absolute atomic E-state index is 12.3. The summed E-state index contributed by atoms with van der Waals surface area (Å²) in [5.74, 6) is 1.55. The number of aryl methyl sites for hydroxylation is 1. The highest BCUT2D eigenvalue weighted by Gasteiger charge is 2.14. The van der Waals surface area contributed by atoms with E-state index in [2.05, 4.69) is 10.0 Å². The first-order valence-corrected chi connectivity index (χ1v) is 12.0. The summed E-state index contributed by atoms with van der Waals surface area (Å²) in [6.45, 7) is 4.29. The predicted molar refractivity (Wildman–Crippen MR) is 126 cm³/mol. The number of ether oxygens (including phenoxy) is 1. The molecule has 0 aliphatic rings. The lowest BCUT2D eigenvalue weighted by molar-refractivity contribution is -0.116. The largest absolute Gasteiger partial charge is 0.457 e. The lowest BCUT2D eigenvalue weighted by atomic mass is 10.1. The number of anilines is 1. The van der Waals surface area contributed by atoms with Gasteiger partial charge in [0.1, 0.15) is 11.5 Å². The van der Waals surface area contributed by atoms with Gasteiger partial charge in [0.2, 0.25) is 15.9 Å². The number of sulfonamides is 1. The fourth-order valence-electron chi connectivity index (χ4n) is 2.91. The second kappa shape index (κ2) is 10.9. The Labute approximate surface area is 189 Å². The van der Waals surface area contributed by atoms with Crippen LogP contribution in [-0.4, -0.2) is 20.9 Å². The van der Waals surface area contributed by atoms with Crippen molar-refractivity contribution in [1.29, 1.82) is 0 Å². The molecule has 0 aromatic heterocycles. The van der Waals surface area contributed by atoms with Crippen molar-refractivity contribution < 1.29 is 17.9 Å². The van der Waals surface area contributed by atoms with Crippen LogP contribution in [0.1, 0.15) is 25.8 Å². The molecule has 3 rings (SSSR count). The number of nitrogens with one attached hydrogen (secondary N) is 2. The third kappa shape index (κ3) is 7.21. The van der Waals surface area contributed by atoms with E-state index in [1.807, 2.05) is 44.2 Å². The maximum atomic E-state index is 12.3. The number of hydrogen-bond donors (Lipinski definition) is 2. The van der Waals surface area contributed by atoms with E-state index in [0.29, 0.717) is 30.8 Å². The van der Waals surface area contributed by atoms with E-state index in [-0.39, 0.29) is 16.7 Å². The summed E-state index contributed by atoms with van der Waals surface area (Å²) in [5, 5.41) is 2.87. The molecule has 168 valence electrons. The zero-order valence-corrected chi connectivity index (χ0v) is 19.1. The summed E-state index contributed by atoms with van der Waals surface area (Å²) in [6.07, 6.45) is 0.806. The first-order chi connectivity index (χ1) is 15.3. The van der Waals surface area contributed by atoms with Crippen molar-refractivity contribution in [2.45, 2.75) is 31.6 Å². The normalized spacial score (nSPS) is 11.3. The van der Waals surface area contributed by atoms with Gasteiger partial charge in [-0.25, -0.2) is 13.1 Å².